The fraction of sp³-hybridized carbons (Fsp3) is 0.571. The molecule has 1 aliphatic rings. The lowest BCUT2D eigenvalue weighted by atomic mass is 10.4. The Morgan fingerprint density at radius 2 is 2.11 bits per heavy atom. The van der Waals surface area contributed by atoms with Crippen molar-refractivity contribution in [3.63, 3.8) is 0 Å². The molecule has 2 nitrogen and oxygen atoms in total. The maximum atomic E-state index is 10.2. The van der Waals surface area contributed by atoms with Crippen molar-refractivity contribution in [3.8, 4) is 0 Å². The highest BCUT2D eigenvalue weighted by molar-refractivity contribution is 5.74. The Balaban J connectivity index is 0.000000291. The van der Waals surface area contributed by atoms with Crippen LogP contribution in [0.2, 0.25) is 0 Å². The van der Waals surface area contributed by atoms with Gasteiger partial charge in [-0.05, 0) is 13.0 Å². The SMILES string of the molecule is CC.CC1=CCC(=O)O1. The lowest BCUT2D eigenvalue weighted by Crippen LogP contribution is -1.90. The van der Waals surface area contributed by atoms with Crippen molar-refractivity contribution >= 4 is 5.97 Å². The Kier molecular flexibility index (Phi) is 3.76. The lowest BCUT2D eigenvalue weighted by Gasteiger charge is -1.87. The third kappa shape index (κ3) is 2.90. The van der Waals surface area contributed by atoms with Gasteiger partial charge in [-0.3, -0.25) is 4.79 Å². The summed E-state index contributed by atoms with van der Waals surface area (Å²) < 4.78 is 4.58. The maximum Gasteiger partial charge on any atom is 0.314 e. The van der Waals surface area contributed by atoms with Crippen molar-refractivity contribution in [3.05, 3.63) is 11.8 Å². The van der Waals surface area contributed by atoms with E-state index in [-0.39, 0.29) is 5.97 Å². The molecule has 1 heterocycles. The van der Waals surface area contributed by atoms with E-state index in [0.29, 0.717) is 6.42 Å². The van der Waals surface area contributed by atoms with Gasteiger partial charge in [-0.2, -0.15) is 0 Å². The minimum Gasteiger partial charge on any atom is -0.431 e. The van der Waals surface area contributed by atoms with Gasteiger partial charge in [0.05, 0.1) is 6.42 Å². The Hall–Kier alpha value is -0.790. The smallest absolute Gasteiger partial charge is 0.314 e. The van der Waals surface area contributed by atoms with Gasteiger partial charge in [0.25, 0.3) is 0 Å². The van der Waals surface area contributed by atoms with E-state index < -0.39 is 0 Å². The van der Waals surface area contributed by atoms with Gasteiger partial charge < -0.3 is 4.74 Å². The fourth-order valence-corrected chi connectivity index (χ4v) is 0.490. The topological polar surface area (TPSA) is 26.3 Å². The second-order valence-electron chi connectivity index (χ2n) is 1.49. The predicted octanol–water partition coefficient (Wildman–Crippen LogP) is 1.86. The number of rotatable bonds is 0. The summed E-state index contributed by atoms with van der Waals surface area (Å²) in [6.45, 7) is 5.77. The molecule has 2 heteroatoms. The van der Waals surface area contributed by atoms with Gasteiger partial charge >= 0.3 is 5.97 Å². The summed E-state index contributed by atoms with van der Waals surface area (Å²) in [5.74, 6) is 0.586. The molecule has 0 aromatic rings. The molecule has 0 saturated carbocycles. The molecule has 9 heavy (non-hydrogen) atoms. The molecule has 0 atom stereocenters. The first-order chi connectivity index (χ1) is 4.29. The molecule has 0 spiro atoms. The molecule has 52 valence electrons. The molecule has 0 aromatic heterocycles. The van der Waals surface area contributed by atoms with E-state index in [0.717, 1.165) is 5.76 Å². The number of carbonyl (C=O) groups is 1. The molecule has 0 unspecified atom stereocenters. The Morgan fingerprint density at radius 1 is 1.56 bits per heavy atom. The van der Waals surface area contributed by atoms with Gasteiger partial charge in [0.2, 0.25) is 0 Å². The van der Waals surface area contributed by atoms with Crippen LogP contribution in [0.25, 0.3) is 0 Å². The van der Waals surface area contributed by atoms with Crippen LogP contribution in [0, 0.1) is 0 Å². The number of allylic oxidation sites excluding steroid dienone is 1. The predicted molar refractivity (Wildman–Crippen MR) is 35.8 cm³/mol. The summed E-state index contributed by atoms with van der Waals surface area (Å²) in [7, 11) is 0. The second kappa shape index (κ2) is 4.13. The van der Waals surface area contributed by atoms with Crippen molar-refractivity contribution in [2.24, 2.45) is 0 Å². The minimum absolute atomic E-state index is 0.141. The molecular weight excluding hydrogens is 116 g/mol. The van der Waals surface area contributed by atoms with Crippen molar-refractivity contribution in [1.82, 2.24) is 0 Å². The molecule has 0 aromatic carbocycles. The third-order valence-electron chi connectivity index (χ3n) is 0.831. The highest BCUT2D eigenvalue weighted by Gasteiger charge is 2.08. The lowest BCUT2D eigenvalue weighted by molar-refractivity contribution is -0.136. The number of hydrogen-bond acceptors (Lipinski definition) is 2. The van der Waals surface area contributed by atoms with E-state index in [9.17, 15) is 4.79 Å². The molecule has 1 rings (SSSR count). The number of esters is 1. The number of ether oxygens (including phenoxy) is 1. The zero-order chi connectivity index (χ0) is 7.28. The van der Waals surface area contributed by atoms with Gasteiger partial charge in [0, 0.05) is 0 Å². The van der Waals surface area contributed by atoms with Gasteiger partial charge in [-0.25, -0.2) is 0 Å². The average molecular weight is 128 g/mol. The monoisotopic (exact) mass is 128 g/mol. The normalized spacial score (nSPS) is 15.4. The minimum atomic E-state index is -0.141. The Morgan fingerprint density at radius 3 is 2.22 bits per heavy atom. The van der Waals surface area contributed by atoms with E-state index >= 15 is 0 Å². The molecule has 0 aliphatic carbocycles. The van der Waals surface area contributed by atoms with Gasteiger partial charge in [0.1, 0.15) is 5.76 Å². The third-order valence-corrected chi connectivity index (χ3v) is 0.831. The van der Waals surface area contributed by atoms with E-state index in [4.69, 9.17) is 0 Å². The largest absolute Gasteiger partial charge is 0.431 e. The van der Waals surface area contributed by atoms with Crippen molar-refractivity contribution in [2.75, 3.05) is 0 Å². The molecular formula is C7H12O2. The first kappa shape index (κ1) is 8.21. The fourth-order valence-electron chi connectivity index (χ4n) is 0.490. The summed E-state index contributed by atoms with van der Waals surface area (Å²) in [6.07, 6.45) is 2.22. The second-order valence-corrected chi connectivity index (χ2v) is 1.49. The first-order valence-electron chi connectivity index (χ1n) is 3.16. The van der Waals surface area contributed by atoms with Crippen molar-refractivity contribution in [1.29, 1.82) is 0 Å². The first-order valence-corrected chi connectivity index (χ1v) is 3.16. The average Bonchev–Trinajstić information content (AvgIpc) is 2.20. The molecule has 0 saturated heterocycles. The van der Waals surface area contributed by atoms with Crippen LogP contribution >= 0.6 is 0 Å². The molecule has 0 N–H and O–H groups in total. The van der Waals surface area contributed by atoms with E-state index in [1.807, 2.05) is 13.8 Å². The Bertz CT molecular complexity index is 125. The number of cyclic esters (lactones) is 1. The summed E-state index contributed by atoms with van der Waals surface area (Å²) in [6, 6.07) is 0. The van der Waals surface area contributed by atoms with E-state index in [1.165, 1.54) is 0 Å². The van der Waals surface area contributed by atoms with Crippen LogP contribution in [0.4, 0.5) is 0 Å². The summed E-state index contributed by atoms with van der Waals surface area (Å²) >= 11 is 0. The molecule has 1 aliphatic heterocycles. The standard InChI is InChI=1S/C5H6O2.C2H6/c1-4-2-3-5(6)7-4;1-2/h2H,3H2,1H3;1-2H3. The van der Waals surface area contributed by atoms with Gasteiger partial charge in [0.15, 0.2) is 0 Å². The van der Waals surface area contributed by atoms with Gasteiger partial charge in [-0.15, -0.1) is 0 Å². The summed E-state index contributed by atoms with van der Waals surface area (Å²) in [5, 5.41) is 0. The zero-order valence-electron chi connectivity index (χ0n) is 6.10. The van der Waals surface area contributed by atoms with Crippen LogP contribution in [0.1, 0.15) is 27.2 Å². The molecule has 0 bridgehead atoms. The number of hydrogen-bond donors (Lipinski definition) is 0. The molecule has 0 amide bonds. The summed E-state index contributed by atoms with van der Waals surface area (Å²) in [5.41, 5.74) is 0. The maximum absolute atomic E-state index is 10.2. The van der Waals surface area contributed by atoms with Crippen molar-refractivity contribution in [2.45, 2.75) is 27.2 Å². The van der Waals surface area contributed by atoms with E-state index in [1.54, 1.807) is 13.0 Å². The summed E-state index contributed by atoms with van der Waals surface area (Å²) in [4.78, 5) is 10.2. The Labute approximate surface area is 55.5 Å². The van der Waals surface area contributed by atoms with Crippen LogP contribution in [0.3, 0.4) is 0 Å². The number of carbonyl (C=O) groups excluding carboxylic acids is 1. The van der Waals surface area contributed by atoms with Crippen LogP contribution in [-0.4, -0.2) is 5.97 Å². The quantitative estimate of drug-likeness (QED) is 0.465. The van der Waals surface area contributed by atoms with Crippen LogP contribution in [0.5, 0.6) is 0 Å². The van der Waals surface area contributed by atoms with Crippen LogP contribution < -0.4 is 0 Å². The molecule has 0 fully saturated rings. The van der Waals surface area contributed by atoms with Crippen LogP contribution in [0.15, 0.2) is 11.8 Å². The zero-order valence-corrected chi connectivity index (χ0v) is 6.10. The van der Waals surface area contributed by atoms with Crippen molar-refractivity contribution < 1.29 is 9.53 Å². The molecule has 0 radical (unpaired) electrons. The van der Waals surface area contributed by atoms with Crippen LogP contribution in [-0.2, 0) is 9.53 Å². The van der Waals surface area contributed by atoms with Gasteiger partial charge in [-0.1, -0.05) is 13.8 Å². The van der Waals surface area contributed by atoms with E-state index in [2.05, 4.69) is 4.74 Å². The highest BCUT2D eigenvalue weighted by atomic mass is 16.5. The highest BCUT2D eigenvalue weighted by Crippen LogP contribution is 2.07.